The maximum atomic E-state index is 6.03. The third kappa shape index (κ3) is 3.86. The summed E-state index contributed by atoms with van der Waals surface area (Å²) >= 11 is 0. The Balaban J connectivity index is 1.59. The van der Waals surface area contributed by atoms with Crippen LogP contribution in [0.3, 0.4) is 0 Å². The van der Waals surface area contributed by atoms with Crippen molar-refractivity contribution in [2.24, 2.45) is 50.7 Å². The van der Waals surface area contributed by atoms with Crippen molar-refractivity contribution >= 4 is 0 Å². The molecule has 206 valence electrons. The lowest BCUT2D eigenvalue weighted by Crippen LogP contribution is -2.58. The molecule has 0 saturated heterocycles. The number of methoxy groups -OCH3 is 1. The van der Waals surface area contributed by atoms with Crippen LogP contribution in [0.5, 0.6) is 0 Å². The van der Waals surface area contributed by atoms with Crippen LogP contribution < -0.4 is 0 Å². The Morgan fingerprint density at radius 1 is 1.03 bits per heavy atom. The highest BCUT2D eigenvalue weighted by Gasteiger charge is 2.65. The summed E-state index contributed by atoms with van der Waals surface area (Å²) in [4.78, 5) is 0. The van der Waals surface area contributed by atoms with E-state index in [0.29, 0.717) is 27.8 Å². The van der Waals surface area contributed by atoms with Gasteiger partial charge in [-0.25, -0.2) is 0 Å². The molecule has 1 nitrogen and oxygen atoms in total. The smallest absolute Gasteiger partial charge is 0.0625 e. The minimum absolute atomic E-state index is 0.260. The molecule has 3 saturated carbocycles. The number of fused-ring (bicyclic) bond motifs is 5. The molecule has 4 aliphatic carbocycles. The van der Waals surface area contributed by atoms with Gasteiger partial charge < -0.3 is 4.74 Å². The van der Waals surface area contributed by atoms with Crippen molar-refractivity contribution in [2.45, 2.75) is 139 Å². The molecular weight excluding hydrogens is 436 g/mol. The van der Waals surface area contributed by atoms with E-state index < -0.39 is 0 Å². The van der Waals surface area contributed by atoms with E-state index in [2.05, 4.69) is 75.0 Å². The summed E-state index contributed by atoms with van der Waals surface area (Å²) in [5.41, 5.74) is 5.13. The molecule has 0 amide bonds. The van der Waals surface area contributed by atoms with Gasteiger partial charge in [0.1, 0.15) is 0 Å². The topological polar surface area (TPSA) is 9.23 Å². The van der Waals surface area contributed by atoms with E-state index in [0.717, 1.165) is 23.7 Å². The molecule has 0 N–H and O–H groups in total. The summed E-state index contributed by atoms with van der Waals surface area (Å²) in [6.07, 6.45) is 17.8. The van der Waals surface area contributed by atoms with Gasteiger partial charge in [-0.15, -0.1) is 0 Å². The zero-order valence-electron chi connectivity index (χ0n) is 25.9. The molecule has 0 spiro atoms. The fourth-order valence-corrected chi connectivity index (χ4v) is 11.2. The SMILES string of the molecule is C=C(C)C(CC)(CC)CCC(C)C1CCC2(C)C3CCC4C(C)(CCC(OC)C4(C)C)C3=CCC12C. The molecular formula is C35H60O. The van der Waals surface area contributed by atoms with Crippen LogP contribution in [-0.4, -0.2) is 13.2 Å². The van der Waals surface area contributed by atoms with Crippen molar-refractivity contribution in [3.63, 3.8) is 0 Å². The van der Waals surface area contributed by atoms with Gasteiger partial charge >= 0.3 is 0 Å². The first-order valence-electron chi connectivity index (χ1n) is 15.7. The molecule has 0 aliphatic heterocycles. The van der Waals surface area contributed by atoms with Gasteiger partial charge in [0, 0.05) is 7.11 Å². The molecule has 0 aromatic rings. The Morgan fingerprint density at radius 2 is 1.69 bits per heavy atom. The highest BCUT2D eigenvalue weighted by molar-refractivity contribution is 5.32. The van der Waals surface area contributed by atoms with E-state index in [4.69, 9.17) is 4.74 Å². The van der Waals surface area contributed by atoms with Gasteiger partial charge in [0.25, 0.3) is 0 Å². The summed E-state index contributed by atoms with van der Waals surface area (Å²) in [7, 11) is 1.94. The zero-order chi connectivity index (χ0) is 26.7. The Morgan fingerprint density at radius 3 is 2.28 bits per heavy atom. The molecule has 4 rings (SSSR count). The van der Waals surface area contributed by atoms with Gasteiger partial charge in [0.05, 0.1) is 6.10 Å². The van der Waals surface area contributed by atoms with Gasteiger partial charge in [-0.3, -0.25) is 0 Å². The van der Waals surface area contributed by atoms with Crippen LogP contribution in [0.4, 0.5) is 0 Å². The summed E-state index contributed by atoms with van der Waals surface area (Å²) in [5, 5.41) is 0. The number of allylic oxidation sites excluding steroid dienone is 3. The highest BCUT2D eigenvalue weighted by Crippen LogP contribution is 2.73. The molecule has 8 atom stereocenters. The van der Waals surface area contributed by atoms with E-state index in [1.165, 1.54) is 76.2 Å². The van der Waals surface area contributed by atoms with Crippen LogP contribution in [0.1, 0.15) is 133 Å². The summed E-state index contributed by atoms with van der Waals surface area (Å²) in [6.45, 7) is 27.1. The molecule has 0 radical (unpaired) electrons. The van der Waals surface area contributed by atoms with Crippen molar-refractivity contribution in [1.29, 1.82) is 0 Å². The molecule has 0 aromatic carbocycles. The second-order valence-corrected chi connectivity index (χ2v) is 15.3. The summed E-state index contributed by atoms with van der Waals surface area (Å²) < 4.78 is 6.03. The standard InChI is InChI=1S/C35H60O/c1-12-35(13-2,24(3)4)23-16-25(5)26-17-21-34(10)28-14-15-29-31(6,7)30(36-11)19-20-32(29,8)27(28)18-22-33(26,34)9/h18,25-26,28-30H,3,12-17,19-23H2,1-2,4-11H3. The predicted molar refractivity (Wildman–Crippen MR) is 156 cm³/mol. The number of hydrogen-bond donors (Lipinski definition) is 0. The molecule has 8 unspecified atom stereocenters. The van der Waals surface area contributed by atoms with Gasteiger partial charge in [0.15, 0.2) is 0 Å². The van der Waals surface area contributed by atoms with Crippen molar-refractivity contribution in [3.05, 3.63) is 23.8 Å². The van der Waals surface area contributed by atoms with E-state index >= 15 is 0 Å². The third-order valence-electron chi connectivity index (χ3n) is 14.1. The maximum absolute atomic E-state index is 6.03. The normalized spacial score (nSPS) is 42.7. The van der Waals surface area contributed by atoms with Gasteiger partial charge in [0.2, 0.25) is 0 Å². The van der Waals surface area contributed by atoms with Crippen LogP contribution in [0.2, 0.25) is 0 Å². The average Bonchev–Trinajstić information content (AvgIpc) is 3.11. The van der Waals surface area contributed by atoms with E-state index in [1.807, 2.05) is 12.7 Å². The van der Waals surface area contributed by atoms with E-state index in [1.54, 1.807) is 0 Å². The van der Waals surface area contributed by atoms with E-state index in [9.17, 15) is 0 Å². The predicted octanol–water partition coefficient (Wildman–Crippen LogP) is 10.4. The second kappa shape index (κ2) is 9.57. The molecule has 0 bridgehead atoms. The van der Waals surface area contributed by atoms with Crippen LogP contribution in [0.25, 0.3) is 0 Å². The Bertz CT molecular complexity index is 860. The quantitative estimate of drug-likeness (QED) is 0.304. The third-order valence-corrected chi connectivity index (χ3v) is 14.1. The first kappa shape index (κ1) is 28.4. The first-order chi connectivity index (χ1) is 16.8. The summed E-state index contributed by atoms with van der Waals surface area (Å²) in [6, 6.07) is 0. The Kier molecular flexibility index (Phi) is 7.56. The van der Waals surface area contributed by atoms with Crippen LogP contribution in [0.15, 0.2) is 23.8 Å². The minimum Gasteiger partial charge on any atom is -0.381 e. The van der Waals surface area contributed by atoms with Crippen LogP contribution in [0, 0.1) is 50.7 Å². The monoisotopic (exact) mass is 496 g/mol. The van der Waals surface area contributed by atoms with Crippen molar-refractivity contribution in [3.8, 4) is 0 Å². The largest absolute Gasteiger partial charge is 0.381 e. The number of hydrogen-bond acceptors (Lipinski definition) is 1. The lowest BCUT2D eigenvalue weighted by Gasteiger charge is -2.64. The molecule has 0 aromatic heterocycles. The maximum Gasteiger partial charge on any atom is 0.0625 e. The van der Waals surface area contributed by atoms with Crippen molar-refractivity contribution < 1.29 is 4.74 Å². The van der Waals surface area contributed by atoms with Crippen LogP contribution in [-0.2, 0) is 4.74 Å². The Labute approximate surface area is 225 Å². The van der Waals surface area contributed by atoms with Crippen LogP contribution >= 0.6 is 0 Å². The molecule has 0 heterocycles. The lowest BCUT2D eigenvalue weighted by molar-refractivity contribution is -0.130. The van der Waals surface area contributed by atoms with Crippen molar-refractivity contribution in [1.82, 2.24) is 0 Å². The fourth-order valence-electron chi connectivity index (χ4n) is 11.2. The van der Waals surface area contributed by atoms with Gasteiger partial charge in [-0.2, -0.15) is 0 Å². The zero-order valence-corrected chi connectivity index (χ0v) is 25.9. The second-order valence-electron chi connectivity index (χ2n) is 15.3. The Hall–Kier alpha value is -0.560. The molecule has 36 heavy (non-hydrogen) atoms. The molecule has 4 aliphatic rings. The summed E-state index contributed by atoms with van der Waals surface area (Å²) in [5.74, 6) is 3.17. The lowest BCUT2D eigenvalue weighted by atomic mass is 9.41. The fraction of sp³-hybridized carbons (Fsp3) is 0.886. The van der Waals surface area contributed by atoms with Gasteiger partial charge in [-0.05, 0) is 128 Å². The molecule has 3 fully saturated rings. The number of ether oxygens (including phenoxy) is 1. The minimum atomic E-state index is 0.260. The van der Waals surface area contributed by atoms with E-state index in [-0.39, 0.29) is 5.41 Å². The average molecular weight is 497 g/mol. The van der Waals surface area contributed by atoms with Crippen molar-refractivity contribution in [2.75, 3.05) is 7.11 Å². The molecule has 1 heteroatoms. The first-order valence-corrected chi connectivity index (χ1v) is 15.7. The highest BCUT2D eigenvalue weighted by atomic mass is 16.5. The number of rotatable bonds is 8. The van der Waals surface area contributed by atoms with Gasteiger partial charge in [-0.1, -0.05) is 79.2 Å².